The minimum absolute atomic E-state index is 0.0858. The number of benzene rings is 1. The molecule has 1 unspecified atom stereocenters. The van der Waals surface area contributed by atoms with Crippen molar-refractivity contribution in [2.45, 2.75) is 6.23 Å². The van der Waals surface area contributed by atoms with Crippen LogP contribution in [0.15, 0.2) is 34.4 Å². The summed E-state index contributed by atoms with van der Waals surface area (Å²) in [5, 5.41) is 32.4. The predicted octanol–water partition coefficient (Wildman–Crippen LogP) is -0.0885. The average Bonchev–Trinajstić information content (AvgIpc) is 2.76. The maximum absolute atomic E-state index is 9.33. The number of nitrogens with two attached hydrogens (primary N) is 1. The second-order valence-corrected chi connectivity index (χ2v) is 5.48. The first-order valence-corrected chi connectivity index (χ1v) is 7.24. The van der Waals surface area contributed by atoms with Crippen LogP contribution in [0.5, 0.6) is 0 Å². The second kappa shape index (κ2) is 7.42. The van der Waals surface area contributed by atoms with Crippen LogP contribution < -0.4 is 5.73 Å². The Kier molecular flexibility index (Phi) is 5.56. The van der Waals surface area contributed by atoms with E-state index >= 15 is 0 Å². The van der Waals surface area contributed by atoms with Gasteiger partial charge in [-0.3, -0.25) is 5.41 Å². The Morgan fingerprint density at radius 2 is 2.00 bits per heavy atom. The first-order valence-electron chi connectivity index (χ1n) is 7.24. The van der Waals surface area contributed by atoms with Gasteiger partial charge in [-0.05, 0) is 31.8 Å². The van der Waals surface area contributed by atoms with Crippen molar-refractivity contribution < 1.29 is 10.2 Å². The van der Waals surface area contributed by atoms with Gasteiger partial charge in [0.05, 0.1) is 18.8 Å². The molecular weight excluding hydrogens is 296 g/mol. The van der Waals surface area contributed by atoms with Crippen LogP contribution in [0.25, 0.3) is 0 Å². The first kappa shape index (κ1) is 17.2. The third-order valence-electron chi connectivity index (χ3n) is 3.25. The van der Waals surface area contributed by atoms with Gasteiger partial charge in [0.1, 0.15) is 17.7 Å². The van der Waals surface area contributed by atoms with Crippen LogP contribution in [0.3, 0.4) is 0 Å². The van der Waals surface area contributed by atoms with Gasteiger partial charge in [0.15, 0.2) is 5.84 Å². The van der Waals surface area contributed by atoms with Gasteiger partial charge in [-0.1, -0.05) is 12.1 Å². The van der Waals surface area contributed by atoms with Crippen molar-refractivity contribution in [3.8, 4) is 0 Å². The molecule has 1 aromatic carbocycles. The lowest BCUT2D eigenvalue weighted by molar-refractivity contribution is 0.186. The van der Waals surface area contributed by atoms with E-state index in [-0.39, 0.29) is 19.0 Å². The number of hydrazone groups is 1. The molecule has 1 aromatic rings. The number of nitrogens with one attached hydrogen (secondary N) is 1. The van der Waals surface area contributed by atoms with E-state index in [0.29, 0.717) is 29.2 Å². The Hall–Kier alpha value is -2.13. The summed E-state index contributed by atoms with van der Waals surface area (Å²) in [5.41, 5.74) is 7.81. The molecule has 2 rings (SSSR count). The average molecular weight is 318 g/mol. The molecule has 0 amide bonds. The predicted molar refractivity (Wildman–Crippen MR) is 90.2 cm³/mol. The van der Waals surface area contributed by atoms with Gasteiger partial charge >= 0.3 is 0 Å². The highest BCUT2D eigenvalue weighted by Crippen LogP contribution is 2.18. The van der Waals surface area contributed by atoms with Crippen LogP contribution in [0.2, 0.25) is 0 Å². The van der Waals surface area contributed by atoms with Gasteiger partial charge in [0, 0.05) is 6.54 Å². The van der Waals surface area contributed by atoms with Crippen LogP contribution in [-0.2, 0) is 0 Å². The van der Waals surface area contributed by atoms with Gasteiger partial charge in [0.2, 0.25) is 0 Å². The molecule has 1 aliphatic rings. The fourth-order valence-corrected chi connectivity index (χ4v) is 2.16. The fraction of sp³-hybridized carbons (Fsp3) is 0.400. The standard InChI is InChI=1S/C15H22N6O2/c1-20(2)9-12-13(14(16)21(19-12)7-8-22)18-11-5-3-10(4-6-11)15(17)23/h3-6,15-16,22-23H,7-9,17H2,1-2H3. The van der Waals surface area contributed by atoms with Gasteiger partial charge in [-0.15, -0.1) is 0 Å². The molecule has 0 aromatic heterocycles. The van der Waals surface area contributed by atoms with Gasteiger partial charge in [-0.2, -0.15) is 5.10 Å². The molecule has 1 heterocycles. The third-order valence-corrected chi connectivity index (χ3v) is 3.25. The lowest BCUT2D eigenvalue weighted by Gasteiger charge is -2.11. The first-order chi connectivity index (χ1) is 10.9. The highest BCUT2D eigenvalue weighted by molar-refractivity contribution is 6.70. The maximum Gasteiger partial charge on any atom is 0.169 e. The van der Waals surface area contributed by atoms with Crippen LogP contribution >= 0.6 is 0 Å². The Balaban J connectivity index is 2.30. The van der Waals surface area contributed by atoms with E-state index in [2.05, 4.69) is 10.1 Å². The SMILES string of the molecule is CN(C)CC1=NN(CCO)C(=N)C1=Nc1ccc(C(N)O)cc1. The summed E-state index contributed by atoms with van der Waals surface area (Å²) in [6.07, 6.45) is -1.02. The van der Waals surface area contributed by atoms with Crippen LogP contribution in [0.1, 0.15) is 11.8 Å². The molecule has 124 valence electrons. The van der Waals surface area contributed by atoms with Crippen molar-refractivity contribution in [2.75, 3.05) is 33.8 Å². The third kappa shape index (κ3) is 4.20. The lowest BCUT2D eigenvalue weighted by atomic mass is 10.1. The Morgan fingerprint density at radius 1 is 1.35 bits per heavy atom. The number of aliphatic hydroxyl groups excluding tert-OH is 2. The zero-order valence-electron chi connectivity index (χ0n) is 13.3. The van der Waals surface area contributed by atoms with E-state index in [0.717, 1.165) is 0 Å². The summed E-state index contributed by atoms with van der Waals surface area (Å²) in [6, 6.07) is 6.84. The molecule has 0 radical (unpaired) electrons. The van der Waals surface area contributed by atoms with E-state index in [1.165, 1.54) is 5.01 Å². The summed E-state index contributed by atoms with van der Waals surface area (Å²) >= 11 is 0. The number of rotatable bonds is 6. The van der Waals surface area contributed by atoms with Crippen molar-refractivity contribution in [1.82, 2.24) is 9.91 Å². The van der Waals surface area contributed by atoms with Gasteiger partial charge in [-0.25, -0.2) is 10.0 Å². The second-order valence-electron chi connectivity index (χ2n) is 5.48. The summed E-state index contributed by atoms with van der Waals surface area (Å²) in [6.45, 7) is 0.716. The number of aliphatic imine (C=N–C) groups is 1. The van der Waals surface area contributed by atoms with Crippen LogP contribution in [0.4, 0.5) is 5.69 Å². The molecule has 8 heteroatoms. The summed E-state index contributed by atoms with van der Waals surface area (Å²) in [7, 11) is 3.83. The molecule has 0 fully saturated rings. The molecule has 1 aliphatic heterocycles. The van der Waals surface area contributed by atoms with Crippen molar-refractivity contribution in [3.63, 3.8) is 0 Å². The Labute approximate surface area is 135 Å². The summed E-state index contributed by atoms with van der Waals surface area (Å²) < 4.78 is 0. The van der Waals surface area contributed by atoms with E-state index in [1.807, 2.05) is 19.0 Å². The van der Waals surface area contributed by atoms with E-state index in [4.69, 9.17) is 16.2 Å². The Bertz CT molecular complexity index is 621. The van der Waals surface area contributed by atoms with E-state index < -0.39 is 6.23 Å². The Morgan fingerprint density at radius 3 is 2.52 bits per heavy atom. The molecule has 0 saturated heterocycles. The van der Waals surface area contributed by atoms with E-state index in [9.17, 15) is 5.11 Å². The molecule has 0 bridgehead atoms. The van der Waals surface area contributed by atoms with Crippen molar-refractivity contribution >= 4 is 22.9 Å². The summed E-state index contributed by atoms with van der Waals surface area (Å²) in [4.78, 5) is 6.44. The number of β-amino-alcohol motifs (C(OH)–C–C–N with tert-alkyl or cyclic N) is 1. The molecule has 8 nitrogen and oxygen atoms in total. The lowest BCUT2D eigenvalue weighted by Crippen LogP contribution is -2.31. The van der Waals surface area contributed by atoms with E-state index in [1.54, 1.807) is 24.3 Å². The monoisotopic (exact) mass is 318 g/mol. The van der Waals surface area contributed by atoms with Gasteiger partial charge in [0.25, 0.3) is 0 Å². The number of amidine groups is 1. The number of hydrogen-bond donors (Lipinski definition) is 4. The number of aliphatic hydroxyl groups is 2. The largest absolute Gasteiger partial charge is 0.394 e. The van der Waals surface area contributed by atoms with Crippen molar-refractivity contribution in [2.24, 2.45) is 15.8 Å². The minimum atomic E-state index is -1.02. The maximum atomic E-state index is 9.33. The number of hydrogen-bond acceptors (Lipinski definition) is 7. The zero-order valence-corrected chi connectivity index (χ0v) is 13.3. The molecule has 0 saturated carbocycles. The van der Waals surface area contributed by atoms with Crippen molar-refractivity contribution in [3.05, 3.63) is 29.8 Å². The van der Waals surface area contributed by atoms with Crippen LogP contribution in [-0.4, -0.2) is 71.2 Å². The van der Waals surface area contributed by atoms with Crippen molar-refractivity contribution in [1.29, 1.82) is 5.41 Å². The smallest absolute Gasteiger partial charge is 0.169 e. The molecule has 5 N–H and O–H groups in total. The molecule has 23 heavy (non-hydrogen) atoms. The molecule has 0 spiro atoms. The topological polar surface area (TPSA) is 122 Å². The number of nitrogens with zero attached hydrogens (tertiary/aromatic N) is 4. The highest BCUT2D eigenvalue weighted by Gasteiger charge is 2.28. The normalized spacial score (nSPS) is 18.0. The zero-order chi connectivity index (χ0) is 17.0. The fourth-order valence-electron chi connectivity index (χ4n) is 2.16. The molecule has 1 atom stereocenters. The minimum Gasteiger partial charge on any atom is -0.394 e. The van der Waals surface area contributed by atoms with Gasteiger partial charge < -0.3 is 20.8 Å². The highest BCUT2D eigenvalue weighted by atomic mass is 16.3. The summed E-state index contributed by atoms with van der Waals surface area (Å²) in [5.74, 6) is 0.166. The van der Waals surface area contributed by atoms with Crippen LogP contribution in [0, 0.1) is 5.41 Å². The molecular formula is C15H22N6O2. The molecule has 0 aliphatic carbocycles. The quantitative estimate of drug-likeness (QED) is 0.546.